The van der Waals surface area contributed by atoms with E-state index in [0.717, 1.165) is 53.9 Å². The molecule has 0 saturated heterocycles. The molecule has 2 aromatic rings. The molecule has 0 spiro atoms. The van der Waals surface area contributed by atoms with Crippen molar-refractivity contribution in [3.8, 4) is 0 Å². The molecule has 4 heteroatoms. The summed E-state index contributed by atoms with van der Waals surface area (Å²) < 4.78 is 0. The van der Waals surface area contributed by atoms with Crippen LogP contribution in [0.3, 0.4) is 0 Å². The van der Waals surface area contributed by atoms with Gasteiger partial charge in [0.05, 0.1) is 12.2 Å². The van der Waals surface area contributed by atoms with Gasteiger partial charge < -0.3 is 4.90 Å². The molecule has 0 atom stereocenters. The van der Waals surface area contributed by atoms with Crippen molar-refractivity contribution >= 4 is 29.0 Å². The van der Waals surface area contributed by atoms with E-state index >= 15 is 0 Å². The Labute approximate surface area is 146 Å². The summed E-state index contributed by atoms with van der Waals surface area (Å²) in [5.41, 5.74) is 6.10. The maximum Gasteiger partial charge on any atom is 0.142 e. The fourth-order valence-electron chi connectivity index (χ4n) is 3.75. The highest BCUT2D eigenvalue weighted by Gasteiger charge is 2.34. The second-order valence-electron chi connectivity index (χ2n) is 6.28. The number of nitrogens with zero attached hydrogens (tertiary/aromatic N) is 3. The SMILES string of the molecule is Clc1ccc(C2=NC3=C(CCc4ccccc43)C3=NCCN32)cc1. The lowest BCUT2D eigenvalue weighted by atomic mass is 9.87. The molecule has 2 heterocycles. The Kier molecular flexibility index (Phi) is 3.10. The number of hydrogen-bond acceptors (Lipinski definition) is 3. The van der Waals surface area contributed by atoms with E-state index in [1.54, 1.807) is 0 Å². The van der Waals surface area contributed by atoms with Crippen LogP contribution in [0.4, 0.5) is 0 Å². The third kappa shape index (κ3) is 2.05. The summed E-state index contributed by atoms with van der Waals surface area (Å²) >= 11 is 6.05. The highest BCUT2D eigenvalue weighted by molar-refractivity contribution is 6.30. The van der Waals surface area contributed by atoms with E-state index in [9.17, 15) is 0 Å². The Bertz CT molecular complexity index is 922. The van der Waals surface area contributed by atoms with Crippen LogP contribution in [0, 0.1) is 0 Å². The summed E-state index contributed by atoms with van der Waals surface area (Å²) in [7, 11) is 0. The van der Waals surface area contributed by atoms with Crippen molar-refractivity contribution in [2.24, 2.45) is 9.98 Å². The second kappa shape index (κ2) is 5.32. The number of amidine groups is 2. The molecule has 0 amide bonds. The van der Waals surface area contributed by atoms with Crippen LogP contribution in [0.25, 0.3) is 5.70 Å². The molecule has 0 unspecified atom stereocenters. The van der Waals surface area contributed by atoms with E-state index < -0.39 is 0 Å². The lowest BCUT2D eigenvalue weighted by molar-refractivity contribution is 0.656. The molecular weight excluding hydrogens is 318 g/mol. The number of hydrogen-bond donors (Lipinski definition) is 0. The molecule has 2 aromatic carbocycles. The monoisotopic (exact) mass is 333 g/mol. The van der Waals surface area contributed by atoms with Crippen molar-refractivity contribution in [3.63, 3.8) is 0 Å². The van der Waals surface area contributed by atoms with E-state index in [1.165, 1.54) is 16.7 Å². The zero-order valence-corrected chi connectivity index (χ0v) is 13.9. The quantitative estimate of drug-likeness (QED) is 0.769. The van der Waals surface area contributed by atoms with Crippen LogP contribution >= 0.6 is 11.6 Å². The minimum absolute atomic E-state index is 0.744. The average Bonchev–Trinajstić information content (AvgIpc) is 3.11. The van der Waals surface area contributed by atoms with Gasteiger partial charge in [0.1, 0.15) is 11.7 Å². The van der Waals surface area contributed by atoms with Crippen LogP contribution in [-0.4, -0.2) is 29.7 Å². The fourth-order valence-corrected chi connectivity index (χ4v) is 3.88. The Hall–Kier alpha value is -2.39. The van der Waals surface area contributed by atoms with Crippen LogP contribution in [0.5, 0.6) is 0 Å². The lowest BCUT2D eigenvalue weighted by Gasteiger charge is -2.32. The molecule has 5 rings (SSSR count). The van der Waals surface area contributed by atoms with Gasteiger partial charge >= 0.3 is 0 Å². The number of benzene rings is 2. The summed E-state index contributed by atoms with van der Waals surface area (Å²) in [5, 5.41) is 0.744. The van der Waals surface area contributed by atoms with Crippen molar-refractivity contribution in [2.45, 2.75) is 12.8 Å². The third-order valence-electron chi connectivity index (χ3n) is 4.89. The van der Waals surface area contributed by atoms with Crippen molar-refractivity contribution in [3.05, 3.63) is 75.8 Å². The van der Waals surface area contributed by atoms with E-state index in [0.29, 0.717) is 0 Å². The van der Waals surface area contributed by atoms with Crippen molar-refractivity contribution in [1.82, 2.24) is 4.90 Å². The molecule has 0 radical (unpaired) electrons. The van der Waals surface area contributed by atoms with E-state index in [1.807, 2.05) is 24.3 Å². The van der Waals surface area contributed by atoms with Gasteiger partial charge in [-0.1, -0.05) is 35.9 Å². The number of aryl methyl sites for hydroxylation is 1. The Morgan fingerprint density at radius 3 is 2.62 bits per heavy atom. The molecule has 3 nitrogen and oxygen atoms in total. The minimum atomic E-state index is 0.744. The summed E-state index contributed by atoms with van der Waals surface area (Å²) in [6, 6.07) is 16.5. The zero-order valence-electron chi connectivity index (χ0n) is 13.2. The molecule has 24 heavy (non-hydrogen) atoms. The Morgan fingerprint density at radius 2 is 1.75 bits per heavy atom. The first kappa shape index (κ1) is 14.0. The standard InChI is InChI=1S/C20H16ClN3/c21-15-8-5-14(6-9-15)19-23-18-16-4-2-1-3-13(16)7-10-17(18)20-22-11-12-24(19)20/h1-6,8-9H,7,10-12H2. The van der Waals surface area contributed by atoms with E-state index in [4.69, 9.17) is 21.6 Å². The van der Waals surface area contributed by atoms with Crippen molar-refractivity contribution < 1.29 is 0 Å². The molecule has 1 aliphatic carbocycles. The molecule has 0 aromatic heterocycles. The molecule has 2 aliphatic heterocycles. The van der Waals surface area contributed by atoms with Gasteiger partial charge in [-0.25, -0.2) is 4.99 Å². The van der Waals surface area contributed by atoms with Gasteiger partial charge in [-0.05, 0) is 42.7 Å². The maximum atomic E-state index is 6.05. The summed E-state index contributed by atoms with van der Waals surface area (Å²) in [4.78, 5) is 12.1. The summed E-state index contributed by atoms with van der Waals surface area (Å²) in [6.45, 7) is 1.73. The smallest absolute Gasteiger partial charge is 0.142 e. The van der Waals surface area contributed by atoms with Gasteiger partial charge in [-0.15, -0.1) is 0 Å². The van der Waals surface area contributed by atoms with Crippen molar-refractivity contribution in [1.29, 1.82) is 0 Å². The normalized spacial score (nSPS) is 18.6. The van der Waals surface area contributed by atoms with E-state index in [-0.39, 0.29) is 0 Å². The van der Waals surface area contributed by atoms with Gasteiger partial charge in [0.15, 0.2) is 0 Å². The topological polar surface area (TPSA) is 28.0 Å². The number of halogens is 1. The molecule has 3 aliphatic rings. The summed E-state index contributed by atoms with van der Waals surface area (Å²) in [6.07, 6.45) is 2.08. The van der Waals surface area contributed by atoms with Crippen LogP contribution in [0.2, 0.25) is 5.02 Å². The van der Waals surface area contributed by atoms with Crippen LogP contribution in [0.15, 0.2) is 64.1 Å². The van der Waals surface area contributed by atoms with Gasteiger partial charge in [0, 0.05) is 28.3 Å². The Balaban J connectivity index is 1.72. The van der Waals surface area contributed by atoms with Gasteiger partial charge in [-0.3, -0.25) is 4.99 Å². The molecule has 0 bridgehead atoms. The van der Waals surface area contributed by atoms with E-state index in [2.05, 4.69) is 29.2 Å². The first-order chi connectivity index (χ1) is 11.8. The second-order valence-corrected chi connectivity index (χ2v) is 6.72. The predicted molar refractivity (Wildman–Crippen MR) is 98.7 cm³/mol. The highest BCUT2D eigenvalue weighted by Crippen LogP contribution is 2.38. The zero-order chi connectivity index (χ0) is 16.1. The largest absolute Gasteiger partial charge is 0.309 e. The van der Waals surface area contributed by atoms with Crippen LogP contribution in [0.1, 0.15) is 23.1 Å². The molecule has 0 fully saturated rings. The van der Waals surface area contributed by atoms with Crippen LogP contribution < -0.4 is 0 Å². The minimum Gasteiger partial charge on any atom is -0.309 e. The number of rotatable bonds is 1. The average molecular weight is 334 g/mol. The number of aliphatic imine (C=N–C) groups is 2. The number of fused-ring (bicyclic) bond motifs is 4. The molecular formula is C20H16ClN3. The fraction of sp³-hybridized carbons (Fsp3) is 0.200. The molecule has 0 N–H and O–H groups in total. The van der Waals surface area contributed by atoms with Gasteiger partial charge in [-0.2, -0.15) is 0 Å². The highest BCUT2D eigenvalue weighted by atomic mass is 35.5. The first-order valence-electron chi connectivity index (χ1n) is 8.30. The maximum absolute atomic E-state index is 6.05. The molecule has 118 valence electrons. The van der Waals surface area contributed by atoms with Crippen molar-refractivity contribution in [2.75, 3.05) is 13.1 Å². The predicted octanol–water partition coefficient (Wildman–Crippen LogP) is 4.17. The van der Waals surface area contributed by atoms with Gasteiger partial charge in [0.25, 0.3) is 0 Å². The van der Waals surface area contributed by atoms with Gasteiger partial charge in [0.2, 0.25) is 0 Å². The molecule has 0 saturated carbocycles. The third-order valence-corrected chi connectivity index (χ3v) is 5.14. The lowest BCUT2D eigenvalue weighted by Crippen LogP contribution is -2.39. The van der Waals surface area contributed by atoms with Crippen LogP contribution in [-0.2, 0) is 6.42 Å². The summed E-state index contributed by atoms with van der Waals surface area (Å²) in [5.74, 6) is 2.10. The first-order valence-corrected chi connectivity index (χ1v) is 8.67. The Morgan fingerprint density at radius 1 is 0.917 bits per heavy atom.